The second kappa shape index (κ2) is 8.75. The van der Waals surface area contributed by atoms with E-state index in [1.54, 1.807) is 60.7 Å². The summed E-state index contributed by atoms with van der Waals surface area (Å²) in [5.41, 5.74) is 1.56. The second-order valence-corrected chi connectivity index (χ2v) is 6.98. The van der Waals surface area contributed by atoms with Crippen molar-refractivity contribution in [3.63, 3.8) is 0 Å². The number of rotatable bonds is 4. The maximum atomic E-state index is 13.4. The number of hydrogen-bond acceptors (Lipinski definition) is 4. The van der Waals surface area contributed by atoms with Gasteiger partial charge in [0.25, 0.3) is 5.91 Å². The summed E-state index contributed by atoms with van der Waals surface area (Å²) in [6.45, 7) is -0.144. The summed E-state index contributed by atoms with van der Waals surface area (Å²) in [5.74, 6) is -1.88. The van der Waals surface area contributed by atoms with Gasteiger partial charge in [-0.05, 0) is 54.1 Å². The normalized spacial score (nSPS) is 15.9. The first-order valence-corrected chi connectivity index (χ1v) is 9.67. The van der Waals surface area contributed by atoms with Gasteiger partial charge < -0.3 is 9.64 Å². The van der Waals surface area contributed by atoms with Crippen molar-refractivity contribution < 1.29 is 23.5 Å². The van der Waals surface area contributed by atoms with Gasteiger partial charge in [-0.3, -0.25) is 9.59 Å². The molecule has 0 saturated carbocycles. The Morgan fingerprint density at radius 1 is 0.839 bits per heavy atom. The average molecular weight is 415 g/mol. The molecule has 1 aliphatic rings. The van der Waals surface area contributed by atoms with Crippen molar-refractivity contribution in [2.24, 2.45) is 0 Å². The fourth-order valence-corrected chi connectivity index (χ4v) is 3.32. The molecule has 0 aliphatic carbocycles. The average Bonchev–Trinajstić information content (AvgIpc) is 2.81. The summed E-state index contributed by atoms with van der Waals surface area (Å²) in [6, 6.07) is 22.4. The number of carbonyl (C=O) groups is 3. The lowest BCUT2D eigenvalue weighted by Crippen LogP contribution is -2.45. The maximum Gasteiger partial charge on any atom is 0.338 e. The van der Waals surface area contributed by atoms with Crippen LogP contribution in [0.4, 0.5) is 4.39 Å². The highest BCUT2D eigenvalue weighted by Gasteiger charge is 2.35. The van der Waals surface area contributed by atoms with Crippen molar-refractivity contribution in [3.05, 3.63) is 114 Å². The standard InChI is InChI=1S/C25H18FNO4/c26-20-13-11-17(12-14-20)21-15-22(28)23(31-25(30)19-9-5-2-6-10-19)16-27(21)24(29)18-7-3-1-4-8-18/h1-15,23H,16H2. The molecule has 1 amide bonds. The smallest absolute Gasteiger partial charge is 0.338 e. The van der Waals surface area contributed by atoms with Gasteiger partial charge in [-0.15, -0.1) is 0 Å². The molecule has 3 aromatic carbocycles. The zero-order valence-electron chi connectivity index (χ0n) is 16.4. The summed E-state index contributed by atoms with van der Waals surface area (Å²) in [6.07, 6.45) is 0.116. The third-order valence-electron chi connectivity index (χ3n) is 4.90. The van der Waals surface area contributed by atoms with Crippen LogP contribution in [-0.4, -0.2) is 35.2 Å². The summed E-state index contributed by atoms with van der Waals surface area (Å²) < 4.78 is 18.8. The van der Waals surface area contributed by atoms with Crippen LogP contribution < -0.4 is 0 Å². The Morgan fingerprint density at radius 2 is 1.42 bits per heavy atom. The van der Waals surface area contributed by atoms with Crippen molar-refractivity contribution in [1.29, 1.82) is 0 Å². The molecule has 1 atom stereocenters. The summed E-state index contributed by atoms with van der Waals surface area (Å²) in [7, 11) is 0. The molecule has 0 aromatic heterocycles. The first-order chi connectivity index (χ1) is 15.0. The van der Waals surface area contributed by atoms with Crippen LogP contribution in [0.5, 0.6) is 0 Å². The zero-order chi connectivity index (χ0) is 21.8. The Morgan fingerprint density at radius 3 is 2.03 bits per heavy atom. The van der Waals surface area contributed by atoms with Gasteiger partial charge in [-0.2, -0.15) is 0 Å². The van der Waals surface area contributed by atoms with Crippen LogP contribution >= 0.6 is 0 Å². The Labute approximate surface area is 178 Å². The Balaban J connectivity index is 1.67. The topological polar surface area (TPSA) is 63.7 Å². The van der Waals surface area contributed by atoms with Crippen molar-refractivity contribution >= 4 is 23.4 Å². The quantitative estimate of drug-likeness (QED) is 0.602. The van der Waals surface area contributed by atoms with Gasteiger partial charge in [0.2, 0.25) is 0 Å². The Hall–Kier alpha value is -4.06. The van der Waals surface area contributed by atoms with E-state index in [4.69, 9.17) is 4.74 Å². The lowest BCUT2D eigenvalue weighted by atomic mass is 10.0. The van der Waals surface area contributed by atoms with Crippen molar-refractivity contribution in [2.45, 2.75) is 6.10 Å². The SMILES string of the molecule is O=C(OC1CN(C(=O)c2ccccc2)C(c2ccc(F)cc2)=CC1=O)c1ccccc1. The van der Waals surface area contributed by atoms with E-state index in [2.05, 4.69) is 0 Å². The van der Waals surface area contributed by atoms with Gasteiger partial charge in [0, 0.05) is 11.6 Å². The van der Waals surface area contributed by atoms with E-state index in [0.717, 1.165) is 0 Å². The Kier molecular flexibility index (Phi) is 5.71. The van der Waals surface area contributed by atoms with E-state index in [-0.39, 0.29) is 12.5 Å². The van der Waals surface area contributed by atoms with Crippen LogP contribution in [0.15, 0.2) is 91.0 Å². The fraction of sp³-hybridized carbons (Fsp3) is 0.0800. The van der Waals surface area contributed by atoms with Crippen LogP contribution in [-0.2, 0) is 9.53 Å². The molecule has 0 spiro atoms. The molecule has 154 valence electrons. The molecule has 31 heavy (non-hydrogen) atoms. The van der Waals surface area contributed by atoms with E-state index in [1.165, 1.54) is 35.2 Å². The first kappa shape index (κ1) is 20.2. The minimum absolute atomic E-state index is 0.144. The van der Waals surface area contributed by atoms with Crippen LogP contribution in [0.25, 0.3) is 5.70 Å². The summed E-state index contributed by atoms with van der Waals surface area (Å²) in [5, 5.41) is 0. The monoisotopic (exact) mass is 415 g/mol. The molecule has 0 radical (unpaired) electrons. The molecule has 4 rings (SSSR count). The highest BCUT2D eigenvalue weighted by Crippen LogP contribution is 2.27. The molecule has 0 N–H and O–H groups in total. The lowest BCUT2D eigenvalue weighted by Gasteiger charge is -2.32. The second-order valence-electron chi connectivity index (χ2n) is 6.98. The number of carbonyl (C=O) groups excluding carboxylic acids is 3. The fourth-order valence-electron chi connectivity index (χ4n) is 3.32. The summed E-state index contributed by atoms with van der Waals surface area (Å²) in [4.78, 5) is 39.8. The van der Waals surface area contributed by atoms with Gasteiger partial charge in [-0.1, -0.05) is 36.4 Å². The van der Waals surface area contributed by atoms with Crippen LogP contribution in [0.3, 0.4) is 0 Å². The van der Waals surface area contributed by atoms with E-state index in [0.29, 0.717) is 22.4 Å². The maximum absolute atomic E-state index is 13.4. The number of ether oxygens (including phenoxy) is 1. The Bertz CT molecular complexity index is 1140. The van der Waals surface area contributed by atoms with Crippen LogP contribution in [0, 0.1) is 5.82 Å². The lowest BCUT2D eigenvalue weighted by molar-refractivity contribution is -0.123. The number of esters is 1. The van der Waals surface area contributed by atoms with Crippen LogP contribution in [0.2, 0.25) is 0 Å². The number of amides is 1. The number of ketones is 1. The zero-order valence-corrected chi connectivity index (χ0v) is 16.4. The van der Waals surface area contributed by atoms with E-state index >= 15 is 0 Å². The predicted octanol–water partition coefficient (Wildman–Crippen LogP) is 4.12. The predicted molar refractivity (Wildman–Crippen MR) is 113 cm³/mol. The van der Waals surface area contributed by atoms with Crippen molar-refractivity contribution in [1.82, 2.24) is 4.90 Å². The number of halogens is 1. The first-order valence-electron chi connectivity index (χ1n) is 9.67. The number of benzene rings is 3. The molecule has 0 bridgehead atoms. The molecule has 3 aromatic rings. The molecular weight excluding hydrogens is 397 g/mol. The minimum Gasteiger partial charge on any atom is -0.448 e. The van der Waals surface area contributed by atoms with Gasteiger partial charge in [0.05, 0.1) is 17.8 Å². The van der Waals surface area contributed by atoms with Gasteiger partial charge >= 0.3 is 5.97 Å². The molecule has 5 nitrogen and oxygen atoms in total. The van der Waals surface area contributed by atoms with Gasteiger partial charge in [-0.25, -0.2) is 9.18 Å². The molecular formula is C25H18FNO4. The van der Waals surface area contributed by atoms with Gasteiger partial charge in [0.1, 0.15) is 5.82 Å². The third-order valence-corrected chi connectivity index (χ3v) is 4.90. The minimum atomic E-state index is -1.15. The highest BCUT2D eigenvalue weighted by atomic mass is 19.1. The molecule has 0 fully saturated rings. The van der Waals surface area contributed by atoms with E-state index < -0.39 is 23.7 Å². The van der Waals surface area contributed by atoms with Crippen molar-refractivity contribution in [2.75, 3.05) is 6.54 Å². The molecule has 1 unspecified atom stereocenters. The number of nitrogens with zero attached hydrogens (tertiary/aromatic N) is 1. The van der Waals surface area contributed by atoms with Crippen LogP contribution in [0.1, 0.15) is 26.3 Å². The van der Waals surface area contributed by atoms with E-state index in [9.17, 15) is 18.8 Å². The van der Waals surface area contributed by atoms with Gasteiger partial charge in [0.15, 0.2) is 11.9 Å². The molecule has 6 heteroatoms. The molecule has 1 aliphatic heterocycles. The molecule has 1 heterocycles. The summed E-state index contributed by atoms with van der Waals surface area (Å²) >= 11 is 0. The highest BCUT2D eigenvalue weighted by molar-refractivity contribution is 6.08. The van der Waals surface area contributed by atoms with Crippen molar-refractivity contribution in [3.8, 4) is 0 Å². The largest absolute Gasteiger partial charge is 0.448 e. The number of hydrogen-bond donors (Lipinski definition) is 0. The molecule has 0 saturated heterocycles. The third kappa shape index (κ3) is 4.43. The van der Waals surface area contributed by atoms with E-state index in [1.807, 2.05) is 0 Å².